The van der Waals surface area contributed by atoms with Crippen LogP contribution < -0.4 is 16.5 Å². The number of hydrogen-bond acceptors (Lipinski definition) is 10. The SMILES string of the molecule is COC(=O)N[C@H](CC(CCCN)c1nc2ccc3cc(-c4ncc(-c5cnc([C@@H]6CCCN6C(=O)[C@@H](NO)C(C)C)[nH]5)s4)ccc3c2[nH]1)C(C)C. The number of thiazole rings is 1. The van der Waals surface area contributed by atoms with Gasteiger partial charge in [-0.3, -0.25) is 4.79 Å². The highest BCUT2D eigenvalue weighted by atomic mass is 32.1. The first-order valence-corrected chi connectivity index (χ1v) is 18.6. The molecule has 0 aliphatic carbocycles. The van der Waals surface area contributed by atoms with Gasteiger partial charge in [0.05, 0.1) is 41.0 Å². The molecule has 7 N–H and O–H groups in total. The van der Waals surface area contributed by atoms with Gasteiger partial charge < -0.3 is 35.9 Å². The van der Waals surface area contributed by atoms with E-state index in [9.17, 15) is 14.8 Å². The predicted octanol–water partition coefficient (Wildman–Crippen LogP) is 6.49. The predicted molar refractivity (Wildman–Crippen MR) is 199 cm³/mol. The standard InChI is InChI=1S/C37H49N9O4S/c1-20(2)27(43-37(48)50-5)17-23(8-6-14-38)33-41-26-13-11-22-16-24(10-12-25(22)32(26)44-33)35-40-19-30(51-35)28-18-39-34(42-28)29-9-7-15-46(29)36(47)31(45-49)21(3)4/h10-13,16,18-21,23,27,29,31,45,49H,6-9,14-15,17,38H2,1-5H3,(H,39,42)(H,41,44)(H,43,48)/t23?,27-,29+,31+/m1/s1. The zero-order chi connectivity index (χ0) is 36.2. The fraction of sp³-hybridized carbons (Fsp3) is 0.486. The number of carbonyl (C=O) groups is 2. The third kappa shape index (κ3) is 7.78. The molecule has 2 amide bonds. The van der Waals surface area contributed by atoms with E-state index >= 15 is 0 Å². The molecule has 1 aliphatic rings. The van der Waals surface area contributed by atoms with Crippen molar-refractivity contribution in [3.8, 4) is 21.1 Å². The van der Waals surface area contributed by atoms with E-state index in [0.29, 0.717) is 13.1 Å². The number of H-pyrrole nitrogens is 2. The number of likely N-dealkylation sites (tertiary alicyclic amines) is 1. The summed E-state index contributed by atoms with van der Waals surface area (Å²) in [4.78, 5) is 49.6. The Morgan fingerprint density at radius 3 is 2.67 bits per heavy atom. The molecule has 1 saturated heterocycles. The lowest BCUT2D eigenvalue weighted by atomic mass is 9.89. The van der Waals surface area contributed by atoms with E-state index in [1.807, 2.05) is 31.0 Å². The normalized spacial score (nSPS) is 16.7. The van der Waals surface area contributed by atoms with Crippen LogP contribution in [0.2, 0.25) is 0 Å². The number of nitrogens with one attached hydrogen (secondary N) is 4. The van der Waals surface area contributed by atoms with Crippen LogP contribution in [0.15, 0.2) is 42.7 Å². The van der Waals surface area contributed by atoms with Crippen LogP contribution in [0, 0.1) is 11.8 Å². The average molecular weight is 716 g/mol. The number of rotatable bonds is 14. The lowest BCUT2D eigenvalue weighted by molar-refractivity contribution is -0.138. The molecule has 0 bridgehead atoms. The number of amides is 2. The zero-order valence-electron chi connectivity index (χ0n) is 29.9. The van der Waals surface area contributed by atoms with Crippen molar-refractivity contribution in [3.05, 3.63) is 54.4 Å². The quantitative estimate of drug-likeness (QED) is 0.0699. The summed E-state index contributed by atoms with van der Waals surface area (Å²) in [6.07, 6.45) is 7.34. The van der Waals surface area contributed by atoms with E-state index in [2.05, 4.69) is 63.9 Å². The largest absolute Gasteiger partial charge is 0.453 e. The second-order valence-corrected chi connectivity index (χ2v) is 15.2. The monoisotopic (exact) mass is 715 g/mol. The Hall–Kier alpha value is -4.37. The zero-order valence-corrected chi connectivity index (χ0v) is 30.7. The van der Waals surface area contributed by atoms with Crippen LogP contribution in [0.4, 0.5) is 4.79 Å². The van der Waals surface area contributed by atoms with Gasteiger partial charge >= 0.3 is 6.09 Å². The van der Waals surface area contributed by atoms with Crippen molar-refractivity contribution in [1.82, 2.24) is 40.6 Å². The number of aromatic amines is 2. The number of nitrogens with zero attached hydrogens (tertiary/aromatic N) is 4. The maximum absolute atomic E-state index is 13.2. The second kappa shape index (κ2) is 15.9. The summed E-state index contributed by atoms with van der Waals surface area (Å²) >= 11 is 1.58. The highest BCUT2D eigenvalue weighted by Gasteiger charge is 2.36. The molecule has 3 aromatic heterocycles. The fourth-order valence-corrected chi connectivity index (χ4v) is 7.92. The van der Waals surface area contributed by atoms with E-state index in [1.165, 1.54) is 7.11 Å². The Labute approximate surface area is 301 Å². The molecule has 6 rings (SSSR count). The summed E-state index contributed by atoms with van der Waals surface area (Å²) in [6, 6.07) is 9.60. The number of aromatic nitrogens is 5. The number of carbonyl (C=O) groups excluding carboxylic acids is 2. The molecule has 1 aliphatic heterocycles. The van der Waals surface area contributed by atoms with Crippen molar-refractivity contribution in [1.29, 1.82) is 0 Å². The molecular weight excluding hydrogens is 667 g/mol. The molecule has 2 aromatic carbocycles. The van der Waals surface area contributed by atoms with Crippen LogP contribution in [-0.4, -0.2) is 79.3 Å². The molecule has 51 heavy (non-hydrogen) atoms. The lowest BCUT2D eigenvalue weighted by Crippen LogP contribution is -2.48. The summed E-state index contributed by atoms with van der Waals surface area (Å²) in [7, 11) is 1.38. The van der Waals surface area contributed by atoms with E-state index in [4.69, 9.17) is 20.4 Å². The Balaban J connectivity index is 1.22. The van der Waals surface area contributed by atoms with Crippen LogP contribution in [-0.2, 0) is 9.53 Å². The minimum Gasteiger partial charge on any atom is -0.453 e. The molecule has 272 valence electrons. The molecular formula is C37H49N9O4S. The van der Waals surface area contributed by atoms with E-state index in [1.54, 1.807) is 17.5 Å². The van der Waals surface area contributed by atoms with Gasteiger partial charge in [-0.1, -0.05) is 45.9 Å². The van der Waals surface area contributed by atoms with Crippen molar-refractivity contribution < 1.29 is 19.5 Å². The number of fused-ring (bicyclic) bond motifs is 3. The van der Waals surface area contributed by atoms with Gasteiger partial charge in [0.2, 0.25) is 5.91 Å². The van der Waals surface area contributed by atoms with Crippen LogP contribution in [0.5, 0.6) is 0 Å². The average Bonchev–Trinajstić information content (AvgIpc) is 3.95. The van der Waals surface area contributed by atoms with Gasteiger partial charge in [-0.2, -0.15) is 5.48 Å². The number of methoxy groups -OCH3 is 1. The number of ether oxygens (including phenoxy) is 1. The Morgan fingerprint density at radius 1 is 1.12 bits per heavy atom. The number of hydrogen-bond donors (Lipinski definition) is 6. The molecule has 0 radical (unpaired) electrons. The van der Waals surface area contributed by atoms with Crippen LogP contribution in [0.1, 0.15) is 83.4 Å². The topological polar surface area (TPSA) is 187 Å². The summed E-state index contributed by atoms with van der Waals surface area (Å²) < 4.78 is 4.89. The van der Waals surface area contributed by atoms with Crippen LogP contribution in [0.25, 0.3) is 42.9 Å². The van der Waals surface area contributed by atoms with Crippen LogP contribution >= 0.6 is 11.3 Å². The summed E-state index contributed by atoms with van der Waals surface area (Å²) in [5.41, 5.74) is 11.8. The maximum Gasteiger partial charge on any atom is 0.407 e. The minimum atomic E-state index is -0.657. The maximum atomic E-state index is 13.2. The summed E-state index contributed by atoms with van der Waals surface area (Å²) in [5.74, 6) is 1.77. The smallest absolute Gasteiger partial charge is 0.407 e. The molecule has 13 nitrogen and oxygen atoms in total. The molecule has 1 fully saturated rings. The van der Waals surface area contributed by atoms with Gasteiger partial charge in [0.1, 0.15) is 22.7 Å². The Morgan fingerprint density at radius 2 is 1.94 bits per heavy atom. The molecule has 4 atom stereocenters. The minimum absolute atomic E-state index is 0.0470. The number of nitrogens with two attached hydrogens (primary N) is 1. The first kappa shape index (κ1) is 36.4. The highest BCUT2D eigenvalue weighted by molar-refractivity contribution is 7.18. The Kier molecular flexibility index (Phi) is 11.3. The fourth-order valence-electron chi connectivity index (χ4n) is 7.05. The number of alkyl carbamates (subject to hydrolysis) is 1. The summed E-state index contributed by atoms with van der Waals surface area (Å²) in [6.45, 7) is 9.22. The third-order valence-electron chi connectivity index (χ3n) is 10.0. The number of benzene rings is 2. The molecule has 4 heterocycles. The molecule has 14 heteroatoms. The van der Waals surface area contributed by atoms with Crippen molar-refractivity contribution in [2.75, 3.05) is 20.2 Å². The molecule has 5 aromatic rings. The Bertz CT molecular complexity index is 1970. The first-order chi connectivity index (χ1) is 24.6. The van der Waals surface area contributed by atoms with Gasteiger partial charge in [-0.05, 0) is 68.0 Å². The number of imidazole rings is 2. The second-order valence-electron chi connectivity index (χ2n) is 14.1. The van der Waals surface area contributed by atoms with Crippen molar-refractivity contribution in [2.45, 2.75) is 83.8 Å². The lowest BCUT2D eigenvalue weighted by Gasteiger charge is -2.28. The van der Waals surface area contributed by atoms with Crippen molar-refractivity contribution >= 4 is 45.1 Å². The van der Waals surface area contributed by atoms with Gasteiger partial charge in [-0.25, -0.2) is 19.7 Å². The molecule has 0 saturated carbocycles. The van der Waals surface area contributed by atoms with Crippen molar-refractivity contribution in [3.63, 3.8) is 0 Å². The van der Waals surface area contributed by atoms with Gasteiger partial charge in [-0.15, -0.1) is 11.3 Å². The highest BCUT2D eigenvalue weighted by Crippen LogP contribution is 2.37. The van der Waals surface area contributed by atoms with E-state index in [-0.39, 0.29) is 35.7 Å². The third-order valence-corrected chi connectivity index (χ3v) is 11.1. The van der Waals surface area contributed by atoms with E-state index < -0.39 is 12.1 Å². The van der Waals surface area contributed by atoms with E-state index in [0.717, 1.165) is 86.7 Å². The van der Waals surface area contributed by atoms with Crippen molar-refractivity contribution in [2.24, 2.45) is 17.6 Å². The van der Waals surface area contributed by atoms with Gasteiger partial charge in [0.15, 0.2) is 0 Å². The number of hydroxylamine groups is 1. The van der Waals surface area contributed by atoms with Crippen LogP contribution in [0.3, 0.4) is 0 Å². The molecule has 0 spiro atoms. The summed E-state index contributed by atoms with van der Waals surface area (Å²) in [5, 5.41) is 15.6. The van der Waals surface area contributed by atoms with Gasteiger partial charge in [0.25, 0.3) is 0 Å². The van der Waals surface area contributed by atoms with Gasteiger partial charge in [0, 0.05) is 35.7 Å². The molecule has 1 unspecified atom stereocenters. The first-order valence-electron chi connectivity index (χ1n) is 17.8.